The first-order valence-electron chi connectivity index (χ1n) is 12.3. The molecule has 0 spiro atoms. The van der Waals surface area contributed by atoms with Crippen molar-refractivity contribution in [2.75, 3.05) is 13.2 Å². The van der Waals surface area contributed by atoms with Crippen LogP contribution in [0.1, 0.15) is 118 Å². The Kier molecular flexibility index (Phi) is 16.2. The lowest BCUT2D eigenvalue weighted by Gasteiger charge is -2.09. The number of esters is 2. The summed E-state index contributed by atoms with van der Waals surface area (Å²) in [4.78, 5) is 24.7. The maximum absolute atomic E-state index is 12.4. The zero-order chi connectivity index (χ0) is 22.6. The van der Waals surface area contributed by atoms with E-state index in [1.54, 1.807) is 24.3 Å². The maximum Gasteiger partial charge on any atom is 0.339 e. The van der Waals surface area contributed by atoms with Crippen molar-refractivity contribution >= 4 is 11.9 Å². The van der Waals surface area contributed by atoms with Crippen LogP contribution < -0.4 is 0 Å². The summed E-state index contributed by atoms with van der Waals surface area (Å²) in [7, 11) is 0. The molecule has 4 nitrogen and oxygen atoms in total. The summed E-state index contributed by atoms with van der Waals surface area (Å²) in [5, 5.41) is 0. The number of ether oxygens (including phenoxy) is 2. The topological polar surface area (TPSA) is 52.6 Å². The SMILES string of the molecule is CC/C=C\CCOC(=O)c1ccccc1C(=O)OCCCCCCCCCCCCC. The van der Waals surface area contributed by atoms with E-state index in [0.29, 0.717) is 19.6 Å². The van der Waals surface area contributed by atoms with Gasteiger partial charge in [0.15, 0.2) is 0 Å². The summed E-state index contributed by atoms with van der Waals surface area (Å²) in [5.74, 6) is -0.933. The Morgan fingerprint density at radius 2 is 1.16 bits per heavy atom. The molecule has 0 heterocycles. The highest BCUT2D eigenvalue weighted by molar-refractivity contribution is 6.03. The van der Waals surface area contributed by atoms with E-state index in [1.165, 1.54) is 57.8 Å². The zero-order valence-corrected chi connectivity index (χ0v) is 19.7. The lowest BCUT2D eigenvalue weighted by atomic mass is 10.1. The van der Waals surface area contributed by atoms with Crippen molar-refractivity contribution in [3.05, 3.63) is 47.5 Å². The summed E-state index contributed by atoms with van der Waals surface area (Å²) < 4.78 is 10.7. The highest BCUT2D eigenvalue weighted by atomic mass is 16.5. The first-order valence-corrected chi connectivity index (χ1v) is 12.3. The lowest BCUT2D eigenvalue weighted by molar-refractivity contribution is 0.0457. The fourth-order valence-electron chi connectivity index (χ4n) is 3.43. The second-order valence-electron chi connectivity index (χ2n) is 8.02. The van der Waals surface area contributed by atoms with Crippen LogP contribution >= 0.6 is 0 Å². The molecule has 0 amide bonds. The molecule has 31 heavy (non-hydrogen) atoms. The van der Waals surface area contributed by atoms with Crippen LogP contribution in [0.4, 0.5) is 0 Å². The predicted molar refractivity (Wildman–Crippen MR) is 128 cm³/mol. The van der Waals surface area contributed by atoms with E-state index < -0.39 is 11.9 Å². The van der Waals surface area contributed by atoms with Gasteiger partial charge in [-0.25, -0.2) is 9.59 Å². The molecule has 0 aromatic heterocycles. The minimum Gasteiger partial charge on any atom is -0.462 e. The van der Waals surface area contributed by atoms with E-state index in [-0.39, 0.29) is 11.1 Å². The van der Waals surface area contributed by atoms with Crippen LogP contribution in [0, 0.1) is 0 Å². The van der Waals surface area contributed by atoms with Gasteiger partial charge >= 0.3 is 11.9 Å². The highest BCUT2D eigenvalue weighted by Gasteiger charge is 2.18. The molecule has 4 heteroatoms. The fraction of sp³-hybridized carbons (Fsp3) is 0.630. The molecule has 1 aromatic rings. The number of hydrogen-bond donors (Lipinski definition) is 0. The first-order chi connectivity index (χ1) is 15.2. The van der Waals surface area contributed by atoms with Crippen LogP contribution in [-0.4, -0.2) is 25.2 Å². The van der Waals surface area contributed by atoms with Gasteiger partial charge in [-0.1, -0.05) is 102 Å². The highest BCUT2D eigenvalue weighted by Crippen LogP contribution is 2.14. The molecule has 0 fully saturated rings. The predicted octanol–water partition coefficient (Wildman–Crippen LogP) is 7.67. The average molecular weight is 431 g/mol. The largest absolute Gasteiger partial charge is 0.462 e. The van der Waals surface area contributed by atoms with Gasteiger partial charge in [0.2, 0.25) is 0 Å². The van der Waals surface area contributed by atoms with Gasteiger partial charge in [-0.15, -0.1) is 0 Å². The molecule has 0 bridgehead atoms. The molecule has 0 radical (unpaired) electrons. The van der Waals surface area contributed by atoms with E-state index in [2.05, 4.69) is 13.8 Å². The van der Waals surface area contributed by atoms with Gasteiger partial charge in [-0.3, -0.25) is 0 Å². The van der Waals surface area contributed by atoms with Crippen LogP contribution in [0.15, 0.2) is 36.4 Å². The summed E-state index contributed by atoms with van der Waals surface area (Å²) in [6, 6.07) is 6.70. The summed E-state index contributed by atoms with van der Waals surface area (Å²) in [6.45, 7) is 5.00. The smallest absolute Gasteiger partial charge is 0.339 e. The minimum atomic E-state index is -0.479. The number of carbonyl (C=O) groups is 2. The zero-order valence-electron chi connectivity index (χ0n) is 19.7. The van der Waals surface area contributed by atoms with Crippen molar-refractivity contribution in [2.45, 2.75) is 97.3 Å². The minimum absolute atomic E-state index is 0.269. The third-order valence-electron chi connectivity index (χ3n) is 5.27. The standard InChI is InChI=1S/C27H42O4/c1-3-5-7-9-10-11-12-13-14-15-19-23-31-27(29)25-21-17-16-20-24(25)26(28)30-22-18-8-6-4-2/h6,8,16-17,20-21H,3-5,7,9-15,18-19,22-23H2,1-2H3/b8-6-. The van der Waals surface area contributed by atoms with Gasteiger partial charge in [-0.2, -0.15) is 0 Å². The van der Waals surface area contributed by atoms with Crippen molar-refractivity contribution < 1.29 is 19.1 Å². The van der Waals surface area contributed by atoms with E-state index >= 15 is 0 Å². The van der Waals surface area contributed by atoms with E-state index in [4.69, 9.17) is 9.47 Å². The number of benzene rings is 1. The van der Waals surface area contributed by atoms with Crippen LogP contribution in [0.3, 0.4) is 0 Å². The van der Waals surface area contributed by atoms with E-state index in [0.717, 1.165) is 19.3 Å². The second-order valence-corrected chi connectivity index (χ2v) is 8.02. The van der Waals surface area contributed by atoms with Gasteiger partial charge < -0.3 is 9.47 Å². The number of unbranched alkanes of at least 4 members (excludes halogenated alkanes) is 10. The second kappa shape index (κ2) is 18.7. The molecule has 0 saturated heterocycles. The summed E-state index contributed by atoms with van der Waals surface area (Å²) in [5.41, 5.74) is 0.547. The van der Waals surface area contributed by atoms with Crippen molar-refractivity contribution in [3.8, 4) is 0 Å². The fourth-order valence-corrected chi connectivity index (χ4v) is 3.43. The Hall–Kier alpha value is -2.10. The molecule has 0 saturated carbocycles. The molecule has 0 unspecified atom stereocenters. The molecule has 174 valence electrons. The number of carbonyl (C=O) groups excluding carboxylic acids is 2. The van der Waals surface area contributed by atoms with Crippen LogP contribution in [0.25, 0.3) is 0 Å². The Labute approximate surface area is 189 Å². The Morgan fingerprint density at radius 1 is 0.677 bits per heavy atom. The lowest BCUT2D eigenvalue weighted by Crippen LogP contribution is -2.14. The molecule has 0 N–H and O–H groups in total. The monoisotopic (exact) mass is 430 g/mol. The Balaban J connectivity index is 2.21. The van der Waals surface area contributed by atoms with E-state index in [9.17, 15) is 9.59 Å². The van der Waals surface area contributed by atoms with Crippen molar-refractivity contribution in [2.24, 2.45) is 0 Å². The number of rotatable bonds is 18. The van der Waals surface area contributed by atoms with Gasteiger partial charge in [0, 0.05) is 0 Å². The quantitative estimate of drug-likeness (QED) is 0.136. The molecule has 0 aliphatic heterocycles. The van der Waals surface area contributed by atoms with E-state index in [1.807, 2.05) is 12.2 Å². The van der Waals surface area contributed by atoms with Gasteiger partial charge in [-0.05, 0) is 31.4 Å². The van der Waals surface area contributed by atoms with Crippen LogP contribution in [0.5, 0.6) is 0 Å². The average Bonchev–Trinajstić information content (AvgIpc) is 2.79. The first kappa shape index (κ1) is 26.9. The van der Waals surface area contributed by atoms with Gasteiger partial charge in [0.25, 0.3) is 0 Å². The van der Waals surface area contributed by atoms with Crippen LogP contribution in [0.2, 0.25) is 0 Å². The summed E-state index contributed by atoms with van der Waals surface area (Å²) in [6.07, 6.45) is 19.4. The molecule has 1 rings (SSSR count). The molecule has 0 atom stereocenters. The summed E-state index contributed by atoms with van der Waals surface area (Å²) >= 11 is 0. The van der Waals surface area contributed by atoms with Crippen molar-refractivity contribution in [1.82, 2.24) is 0 Å². The molecular weight excluding hydrogens is 388 g/mol. The normalized spacial score (nSPS) is 11.0. The van der Waals surface area contributed by atoms with Gasteiger partial charge in [0.05, 0.1) is 24.3 Å². The van der Waals surface area contributed by atoms with Crippen molar-refractivity contribution in [3.63, 3.8) is 0 Å². The molecule has 1 aromatic carbocycles. The third kappa shape index (κ3) is 13.0. The molecular formula is C27H42O4. The van der Waals surface area contributed by atoms with Crippen molar-refractivity contribution in [1.29, 1.82) is 0 Å². The third-order valence-corrected chi connectivity index (χ3v) is 5.27. The Morgan fingerprint density at radius 3 is 1.68 bits per heavy atom. The molecule has 0 aliphatic carbocycles. The molecule has 0 aliphatic rings. The van der Waals surface area contributed by atoms with Crippen LogP contribution in [-0.2, 0) is 9.47 Å². The number of hydrogen-bond acceptors (Lipinski definition) is 4. The Bertz CT molecular complexity index is 636. The van der Waals surface area contributed by atoms with Gasteiger partial charge in [0.1, 0.15) is 0 Å². The maximum atomic E-state index is 12.4. The number of allylic oxidation sites excluding steroid dienone is 1.